The molecule has 0 aliphatic rings. The number of hydrogen-bond donors (Lipinski definition) is 0. The summed E-state index contributed by atoms with van der Waals surface area (Å²) in [6.07, 6.45) is 7.14. The number of nitrogens with zero attached hydrogens (tertiary/aromatic N) is 5. The fourth-order valence-corrected chi connectivity index (χ4v) is 4.02. The van der Waals surface area contributed by atoms with Gasteiger partial charge in [0.15, 0.2) is 17.3 Å². The highest BCUT2D eigenvalue weighted by Crippen LogP contribution is 2.31. The third kappa shape index (κ3) is 8.40. The van der Waals surface area contributed by atoms with E-state index in [0.29, 0.717) is 40.9 Å². The Kier molecular flexibility index (Phi) is 11.2. The van der Waals surface area contributed by atoms with Crippen LogP contribution in [0.3, 0.4) is 0 Å². The van der Waals surface area contributed by atoms with E-state index in [0.717, 1.165) is 11.3 Å². The second-order valence-electron chi connectivity index (χ2n) is 7.46. The molecule has 198 valence electrons. The average molecular weight is 550 g/mol. The van der Waals surface area contributed by atoms with Crippen LogP contribution in [0.5, 0.6) is 11.5 Å². The van der Waals surface area contributed by atoms with Crippen LogP contribution in [0.1, 0.15) is 19.0 Å². The topological polar surface area (TPSA) is 133 Å². The van der Waals surface area contributed by atoms with Gasteiger partial charge in [0.2, 0.25) is 6.41 Å². The van der Waals surface area contributed by atoms with Gasteiger partial charge in [0.25, 0.3) is 0 Å². The van der Waals surface area contributed by atoms with Crippen molar-refractivity contribution in [1.29, 1.82) is 0 Å². The Morgan fingerprint density at radius 2 is 1.89 bits per heavy atom. The number of anilines is 1. The molecule has 0 saturated heterocycles. The van der Waals surface area contributed by atoms with Gasteiger partial charge in [0.1, 0.15) is 23.0 Å². The molecule has 0 atom stereocenters. The van der Waals surface area contributed by atoms with Crippen molar-refractivity contribution in [3.63, 3.8) is 0 Å². The highest BCUT2D eigenvalue weighted by atomic mass is 35.5. The van der Waals surface area contributed by atoms with Gasteiger partial charge in [-0.1, -0.05) is 18.5 Å². The Balaban J connectivity index is 0.00000235. The Morgan fingerprint density at radius 3 is 2.51 bits per heavy atom. The molecule has 0 radical (unpaired) electrons. The van der Waals surface area contributed by atoms with Crippen molar-refractivity contribution >= 4 is 46.7 Å². The fraction of sp³-hybridized carbons (Fsp3) is 0.292. The van der Waals surface area contributed by atoms with Gasteiger partial charge < -0.3 is 14.3 Å². The van der Waals surface area contributed by atoms with Gasteiger partial charge in [-0.2, -0.15) is 5.10 Å². The van der Waals surface area contributed by atoms with E-state index in [4.69, 9.17) is 25.9 Å². The second-order valence-corrected chi connectivity index (χ2v) is 10.4. The Bertz CT molecular complexity index is 1310. The van der Waals surface area contributed by atoms with Crippen LogP contribution < -0.4 is 14.4 Å². The van der Waals surface area contributed by atoms with Gasteiger partial charge >= 0.3 is 0 Å². The van der Waals surface area contributed by atoms with Crippen molar-refractivity contribution in [3.05, 3.63) is 53.6 Å². The molecule has 13 heteroatoms. The smallest absolute Gasteiger partial charge is 0.219 e. The molecule has 0 aliphatic heterocycles. The third-order valence-electron chi connectivity index (χ3n) is 5.02. The number of aromatic nitrogens is 3. The second kappa shape index (κ2) is 14.1. The third-order valence-corrected chi connectivity index (χ3v) is 7.01. The summed E-state index contributed by atoms with van der Waals surface area (Å²) < 4.78 is 35.9. The monoisotopic (exact) mass is 549 g/mol. The molecule has 0 spiro atoms. The molecule has 0 unspecified atom stereocenters. The van der Waals surface area contributed by atoms with Crippen molar-refractivity contribution in [3.8, 4) is 22.9 Å². The van der Waals surface area contributed by atoms with E-state index in [-0.39, 0.29) is 18.1 Å². The fourth-order valence-electron chi connectivity index (χ4n) is 3.08. The van der Waals surface area contributed by atoms with Gasteiger partial charge in [-0.3, -0.25) is 9.69 Å². The molecule has 2 heterocycles. The molecule has 37 heavy (non-hydrogen) atoms. The van der Waals surface area contributed by atoms with Crippen LogP contribution in [0.15, 0.2) is 48.0 Å². The van der Waals surface area contributed by atoms with Crippen molar-refractivity contribution in [1.82, 2.24) is 14.6 Å². The molecule has 0 N–H and O–H groups in total. The first kappa shape index (κ1) is 29.5. The molecule has 11 nitrogen and oxygen atoms in total. The summed E-state index contributed by atoms with van der Waals surface area (Å²) in [5, 5.41) is 4.81. The quantitative estimate of drug-likeness (QED) is 0.145. The Labute approximate surface area is 220 Å². The first-order chi connectivity index (χ1) is 17.8. The van der Waals surface area contributed by atoms with Crippen molar-refractivity contribution in [2.24, 2.45) is 5.10 Å². The maximum Gasteiger partial charge on any atom is 0.219 e. The van der Waals surface area contributed by atoms with Crippen LogP contribution in [0.4, 0.5) is 5.69 Å². The van der Waals surface area contributed by atoms with Crippen molar-refractivity contribution in [2.45, 2.75) is 20.3 Å². The average Bonchev–Trinajstić information content (AvgIpc) is 3.29. The number of methoxy groups -OCH3 is 1. The first-order valence-corrected chi connectivity index (χ1v) is 13.2. The number of halogens is 1. The lowest BCUT2D eigenvalue weighted by Gasteiger charge is -2.16. The van der Waals surface area contributed by atoms with Crippen LogP contribution in [0, 0.1) is 6.92 Å². The van der Waals surface area contributed by atoms with Gasteiger partial charge in [-0.15, -0.1) is 0 Å². The zero-order valence-corrected chi connectivity index (χ0v) is 22.3. The lowest BCUT2D eigenvalue weighted by Crippen LogP contribution is -2.19. The number of hydrogen-bond acceptors (Lipinski definition) is 9. The standard InChI is InChI=1S/C23H26ClN5O5S.CH2O/c1-4-35(31,32)9-5-8-34-21-7-6-20(11-22(21)33-3)28(16-30)15-27-29-14-18(10-17(29)2)23-25-12-19(24)13-26-23;1-2/h6-7,10-16H,4-5,8-9H2,1-3H3;1H2/b27-15-;. The highest BCUT2D eigenvalue weighted by molar-refractivity contribution is 7.91. The van der Waals surface area contributed by atoms with E-state index in [2.05, 4.69) is 15.1 Å². The van der Waals surface area contributed by atoms with E-state index in [1.54, 1.807) is 36.0 Å². The van der Waals surface area contributed by atoms with E-state index in [9.17, 15) is 13.2 Å². The van der Waals surface area contributed by atoms with Crippen LogP contribution in [-0.4, -0.2) is 67.8 Å². The molecule has 0 fully saturated rings. The van der Waals surface area contributed by atoms with E-state index < -0.39 is 9.84 Å². The Morgan fingerprint density at radius 1 is 1.19 bits per heavy atom. The van der Waals surface area contributed by atoms with Gasteiger partial charge in [0, 0.05) is 41.7 Å². The maximum atomic E-state index is 11.8. The predicted molar refractivity (Wildman–Crippen MR) is 142 cm³/mol. The minimum Gasteiger partial charge on any atom is -0.493 e. The predicted octanol–water partition coefficient (Wildman–Crippen LogP) is 3.39. The summed E-state index contributed by atoms with van der Waals surface area (Å²) in [5.74, 6) is 1.52. The highest BCUT2D eigenvalue weighted by Gasteiger charge is 2.12. The van der Waals surface area contributed by atoms with Crippen molar-refractivity contribution < 1.29 is 27.5 Å². The van der Waals surface area contributed by atoms with Crippen molar-refractivity contribution in [2.75, 3.05) is 30.1 Å². The van der Waals surface area contributed by atoms with Crippen LogP contribution >= 0.6 is 11.6 Å². The number of amides is 1. The van der Waals surface area contributed by atoms with Crippen LogP contribution in [-0.2, 0) is 19.4 Å². The summed E-state index contributed by atoms with van der Waals surface area (Å²) in [4.78, 5) is 29.4. The van der Waals surface area contributed by atoms with Crippen LogP contribution in [0.25, 0.3) is 11.4 Å². The largest absolute Gasteiger partial charge is 0.493 e. The van der Waals surface area contributed by atoms with Gasteiger partial charge in [-0.05, 0) is 31.5 Å². The molecular weight excluding hydrogens is 522 g/mol. The molecule has 3 aromatic rings. The number of rotatable bonds is 12. The summed E-state index contributed by atoms with van der Waals surface area (Å²) in [5.41, 5.74) is 2.07. The molecule has 2 aromatic heterocycles. The summed E-state index contributed by atoms with van der Waals surface area (Å²) in [7, 11) is -1.56. The normalized spacial score (nSPS) is 11.0. The molecule has 3 rings (SSSR count). The minimum absolute atomic E-state index is 0.0595. The van der Waals surface area contributed by atoms with Crippen LogP contribution in [0.2, 0.25) is 5.02 Å². The summed E-state index contributed by atoms with van der Waals surface area (Å²) in [6.45, 7) is 5.70. The number of carbonyl (C=O) groups is 2. The van der Waals surface area contributed by atoms with Gasteiger partial charge in [-0.25, -0.2) is 23.1 Å². The molecular formula is C24H28ClN5O6S. The first-order valence-electron chi connectivity index (χ1n) is 11.0. The molecule has 1 amide bonds. The number of carbonyl (C=O) groups excluding carboxylic acids is 2. The lowest BCUT2D eigenvalue weighted by atomic mass is 10.2. The summed E-state index contributed by atoms with van der Waals surface area (Å²) >= 11 is 5.85. The molecule has 0 bridgehead atoms. The zero-order valence-electron chi connectivity index (χ0n) is 20.7. The SMILES string of the molecule is C=O.CCS(=O)(=O)CCCOc1ccc(N(C=O)/C=N\n2cc(-c3ncc(Cl)cn3)cc2C)cc1OC. The number of benzene rings is 1. The molecule has 0 saturated carbocycles. The van der Waals surface area contributed by atoms with E-state index in [1.807, 2.05) is 19.8 Å². The maximum absolute atomic E-state index is 11.8. The molecule has 0 aliphatic carbocycles. The number of sulfone groups is 1. The lowest BCUT2D eigenvalue weighted by molar-refractivity contribution is -0.106. The minimum atomic E-state index is -3.05. The van der Waals surface area contributed by atoms with Gasteiger partial charge in [0.05, 0.1) is 30.2 Å². The van der Waals surface area contributed by atoms with E-state index in [1.165, 1.54) is 30.7 Å². The zero-order chi connectivity index (χ0) is 27.4. The Hall–Kier alpha value is -3.77. The van der Waals surface area contributed by atoms with E-state index >= 15 is 0 Å². The summed E-state index contributed by atoms with van der Waals surface area (Å²) in [6, 6.07) is 6.83. The number of ether oxygens (including phenoxy) is 2. The molecule has 1 aromatic carbocycles. The number of aryl methyl sites for hydroxylation is 1.